The smallest absolute Gasteiger partial charge is 0.257 e. The molecule has 6 heteroatoms. The van der Waals surface area contributed by atoms with Gasteiger partial charge in [0.15, 0.2) is 5.58 Å². The van der Waals surface area contributed by atoms with Crippen LogP contribution in [0.2, 0.25) is 0 Å². The summed E-state index contributed by atoms with van der Waals surface area (Å²) in [7, 11) is 0. The number of halogens is 1. The molecule has 1 aromatic carbocycles. The zero-order valence-corrected chi connectivity index (χ0v) is 12.2. The molecule has 2 heterocycles. The molecule has 0 aliphatic heterocycles. The quantitative estimate of drug-likeness (QED) is 0.581. The molecule has 0 aliphatic rings. The number of hydrogen-bond acceptors (Lipinski definition) is 5. The molecule has 0 saturated carbocycles. The number of nitrogens with two attached hydrogens (primary N) is 1. The van der Waals surface area contributed by atoms with Crippen LogP contribution in [-0.2, 0) is 5.75 Å². The number of benzene rings is 1. The van der Waals surface area contributed by atoms with E-state index in [-0.39, 0.29) is 0 Å². The van der Waals surface area contributed by atoms with E-state index in [4.69, 9.17) is 10.2 Å². The molecule has 2 N–H and O–H groups in total. The van der Waals surface area contributed by atoms with Crippen LogP contribution in [0.4, 0.5) is 5.69 Å². The third-order valence-electron chi connectivity index (χ3n) is 2.53. The minimum atomic E-state index is 0.630. The number of nitrogen functional groups attached to an aromatic ring is 1. The number of anilines is 1. The van der Waals surface area contributed by atoms with Crippen LogP contribution in [0.5, 0.6) is 0 Å². The summed E-state index contributed by atoms with van der Waals surface area (Å²) in [5, 5.41) is 0.630. The lowest BCUT2D eigenvalue weighted by Gasteiger charge is -1.97. The monoisotopic (exact) mass is 335 g/mol. The average Bonchev–Trinajstić information content (AvgIpc) is 2.80. The average molecular weight is 336 g/mol. The minimum Gasteiger partial charge on any atom is -0.431 e. The summed E-state index contributed by atoms with van der Waals surface area (Å²) in [6.07, 6.45) is 1.78. The first-order valence-corrected chi connectivity index (χ1v) is 7.38. The van der Waals surface area contributed by atoms with Gasteiger partial charge in [-0.2, -0.15) is 0 Å². The second kappa shape index (κ2) is 5.22. The van der Waals surface area contributed by atoms with E-state index in [1.807, 2.05) is 24.3 Å². The Labute approximate surface area is 122 Å². The Balaban J connectivity index is 1.76. The predicted molar refractivity (Wildman–Crippen MR) is 79.9 cm³/mol. The Morgan fingerprint density at radius 3 is 2.95 bits per heavy atom. The molecule has 0 saturated heterocycles. The second-order valence-electron chi connectivity index (χ2n) is 3.96. The van der Waals surface area contributed by atoms with E-state index in [1.165, 1.54) is 11.8 Å². The van der Waals surface area contributed by atoms with Gasteiger partial charge in [0.2, 0.25) is 0 Å². The molecule has 4 nitrogen and oxygen atoms in total. The van der Waals surface area contributed by atoms with Gasteiger partial charge in [-0.05, 0) is 40.2 Å². The number of hydrogen-bond donors (Lipinski definition) is 1. The summed E-state index contributed by atoms with van der Waals surface area (Å²) >= 11 is 4.87. The molecule has 0 spiro atoms. The normalized spacial score (nSPS) is 11.0. The van der Waals surface area contributed by atoms with Crippen molar-refractivity contribution in [2.45, 2.75) is 11.0 Å². The Bertz CT molecular complexity index is 711. The third kappa shape index (κ3) is 2.90. The highest BCUT2D eigenvalue weighted by Gasteiger charge is 2.07. The molecule has 3 rings (SSSR count). The number of pyridine rings is 1. The fourth-order valence-electron chi connectivity index (χ4n) is 1.61. The maximum atomic E-state index is 5.70. The van der Waals surface area contributed by atoms with Crippen LogP contribution in [-0.4, -0.2) is 9.97 Å². The predicted octanol–water partition coefficient (Wildman–Crippen LogP) is 3.86. The van der Waals surface area contributed by atoms with Crippen LogP contribution in [0.1, 0.15) is 5.69 Å². The second-order valence-corrected chi connectivity index (χ2v) is 5.81. The highest BCUT2D eigenvalue weighted by atomic mass is 79.9. The van der Waals surface area contributed by atoms with Crippen molar-refractivity contribution in [1.82, 2.24) is 9.97 Å². The summed E-state index contributed by atoms with van der Waals surface area (Å²) < 4.78 is 6.60. The molecule has 3 aromatic rings. The first kappa shape index (κ1) is 12.5. The molecule has 0 aliphatic carbocycles. The summed E-state index contributed by atoms with van der Waals surface area (Å²) in [5.74, 6) is 0.718. The molecule has 0 atom stereocenters. The van der Waals surface area contributed by atoms with E-state index in [1.54, 1.807) is 12.3 Å². The van der Waals surface area contributed by atoms with Gasteiger partial charge in [-0.3, -0.25) is 4.98 Å². The Kier molecular flexibility index (Phi) is 3.44. The molecule has 2 aromatic heterocycles. The number of rotatable bonds is 3. The van der Waals surface area contributed by atoms with Crippen molar-refractivity contribution < 1.29 is 4.42 Å². The summed E-state index contributed by atoms with van der Waals surface area (Å²) in [4.78, 5) is 8.69. The van der Waals surface area contributed by atoms with Crippen LogP contribution in [0.15, 0.2) is 50.6 Å². The van der Waals surface area contributed by atoms with Crippen molar-refractivity contribution in [2.24, 2.45) is 0 Å². The number of oxazole rings is 1. The van der Waals surface area contributed by atoms with Gasteiger partial charge in [-0.25, -0.2) is 4.98 Å². The van der Waals surface area contributed by atoms with E-state index in [9.17, 15) is 0 Å². The first-order chi connectivity index (χ1) is 9.20. The van der Waals surface area contributed by atoms with Crippen LogP contribution < -0.4 is 5.73 Å². The highest BCUT2D eigenvalue weighted by Crippen LogP contribution is 2.27. The molecule has 19 heavy (non-hydrogen) atoms. The maximum Gasteiger partial charge on any atom is 0.257 e. The van der Waals surface area contributed by atoms with Crippen LogP contribution >= 0.6 is 27.7 Å². The Morgan fingerprint density at radius 1 is 1.26 bits per heavy atom. The van der Waals surface area contributed by atoms with Gasteiger partial charge in [0, 0.05) is 28.2 Å². The van der Waals surface area contributed by atoms with Crippen molar-refractivity contribution in [2.75, 3.05) is 5.73 Å². The molecular weight excluding hydrogens is 326 g/mol. The van der Waals surface area contributed by atoms with Crippen molar-refractivity contribution in [1.29, 1.82) is 0 Å². The standard InChI is InChI=1S/C13H10BrN3OS/c14-8-1-3-10(16-6-8)7-19-13-17-11-4-2-9(15)5-12(11)18-13/h1-6H,7,15H2. The molecule has 96 valence electrons. The molecule has 0 radical (unpaired) electrons. The number of thioether (sulfide) groups is 1. The number of fused-ring (bicyclic) bond motifs is 1. The fourth-order valence-corrected chi connectivity index (χ4v) is 2.60. The third-order valence-corrected chi connectivity index (χ3v) is 3.86. The molecular formula is C13H10BrN3OS. The Hall–Kier alpha value is -1.53. The molecule has 0 amide bonds. The van der Waals surface area contributed by atoms with Crippen LogP contribution in [0.3, 0.4) is 0 Å². The van der Waals surface area contributed by atoms with E-state index in [0.717, 1.165) is 21.4 Å². The summed E-state index contributed by atoms with van der Waals surface area (Å²) in [5.41, 5.74) is 8.89. The van der Waals surface area contributed by atoms with E-state index in [2.05, 4.69) is 25.9 Å². The lowest BCUT2D eigenvalue weighted by Crippen LogP contribution is -1.85. The first-order valence-electron chi connectivity index (χ1n) is 5.60. The van der Waals surface area contributed by atoms with Gasteiger partial charge in [0.1, 0.15) is 5.52 Å². The van der Waals surface area contributed by atoms with Gasteiger partial charge < -0.3 is 10.2 Å². The molecule has 0 fully saturated rings. The van der Waals surface area contributed by atoms with Gasteiger partial charge in [0.05, 0.1) is 5.69 Å². The van der Waals surface area contributed by atoms with Gasteiger partial charge in [-0.1, -0.05) is 11.8 Å². The zero-order chi connectivity index (χ0) is 13.2. The minimum absolute atomic E-state index is 0.630. The van der Waals surface area contributed by atoms with Crippen molar-refractivity contribution in [3.05, 3.63) is 46.7 Å². The van der Waals surface area contributed by atoms with Gasteiger partial charge in [-0.15, -0.1) is 0 Å². The van der Waals surface area contributed by atoms with Gasteiger partial charge in [0.25, 0.3) is 5.22 Å². The van der Waals surface area contributed by atoms with Crippen LogP contribution in [0.25, 0.3) is 11.1 Å². The number of aromatic nitrogens is 2. The lowest BCUT2D eigenvalue weighted by atomic mass is 10.3. The van der Waals surface area contributed by atoms with Crippen LogP contribution in [0, 0.1) is 0 Å². The van der Waals surface area contributed by atoms with E-state index in [0.29, 0.717) is 16.5 Å². The SMILES string of the molecule is Nc1ccc2nc(SCc3ccc(Br)cn3)oc2c1. The topological polar surface area (TPSA) is 64.9 Å². The highest BCUT2D eigenvalue weighted by molar-refractivity contribution is 9.10. The molecule has 0 bridgehead atoms. The summed E-state index contributed by atoms with van der Waals surface area (Å²) in [6, 6.07) is 9.39. The molecule has 0 unspecified atom stereocenters. The van der Waals surface area contributed by atoms with Crippen molar-refractivity contribution >= 4 is 44.5 Å². The lowest BCUT2D eigenvalue weighted by molar-refractivity contribution is 0.489. The van der Waals surface area contributed by atoms with E-state index < -0.39 is 0 Å². The Morgan fingerprint density at radius 2 is 2.16 bits per heavy atom. The zero-order valence-electron chi connectivity index (χ0n) is 9.84. The summed E-state index contributed by atoms with van der Waals surface area (Å²) in [6.45, 7) is 0. The van der Waals surface area contributed by atoms with Crippen molar-refractivity contribution in [3.8, 4) is 0 Å². The van der Waals surface area contributed by atoms with Gasteiger partial charge >= 0.3 is 0 Å². The largest absolute Gasteiger partial charge is 0.431 e. The van der Waals surface area contributed by atoms with E-state index >= 15 is 0 Å². The maximum absolute atomic E-state index is 5.70. The fraction of sp³-hybridized carbons (Fsp3) is 0.0769. The number of nitrogens with zero attached hydrogens (tertiary/aromatic N) is 2. The van der Waals surface area contributed by atoms with Crippen molar-refractivity contribution in [3.63, 3.8) is 0 Å².